The van der Waals surface area contributed by atoms with Gasteiger partial charge in [0, 0.05) is 35.1 Å². The number of nitrogens with zero attached hydrogens (tertiary/aromatic N) is 4. The third kappa shape index (κ3) is 4.23. The molecule has 1 aromatic heterocycles. The Labute approximate surface area is 250 Å². The van der Waals surface area contributed by atoms with E-state index in [1.165, 1.54) is 27.2 Å². The van der Waals surface area contributed by atoms with E-state index in [4.69, 9.17) is 21.9 Å². The number of anilines is 3. The SMILES string of the molecule is Cc1ccc2nc(-c3ccc(NP4(=S)C(=C5N(C)c6ccccc6C5(C)C)C=NN4c4ccccc4)cc3)sc2c1. The number of hydrazone groups is 1. The summed E-state index contributed by atoms with van der Waals surface area (Å²) in [6.45, 7) is 6.68. The lowest BCUT2D eigenvalue weighted by Crippen LogP contribution is -2.26. The number of aromatic nitrogens is 1. The van der Waals surface area contributed by atoms with Gasteiger partial charge in [0.2, 0.25) is 0 Å². The normalized spacial score (nSPS) is 21.1. The minimum absolute atomic E-state index is 0.222. The van der Waals surface area contributed by atoms with Crippen molar-refractivity contribution in [2.75, 3.05) is 21.8 Å². The topological polar surface area (TPSA) is 43.8 Å². The summed E-state index contributed by atoms with van der Waals surface area (Å²) >= 11 is 8.39. The van der Waals surface area contributed by atoms with Gasteiger partial charge in [-0.3, -0.25) is 0 Å². The van der Waals surface area contributed by atoms with Crippen LogP contribution in [0.15, 0.2) is 113 Å². The van der Waals surface area contributed by atoms with E-state index in [9.17, 15) is 0 Å². The molecule has 0 amide bonds. The quantitative estimate of drug-likeness (QED) is 0.211. The van der Waals surface area contributed by atoms with Gasteiger partial charge < -0.3 is 9.99 Å². The molecule has 5 nitrogen and oxygen atoms in total. The van der Waals surface area contributed by atoms with Gasteiger partial charge in [-0.05, 0) is 84.5 Å². The van der Waals surface area contributed by atoms with Crippen LogP contribution in [0.4, 0.5) is 17.1 Å². The van der Waals surface area contributed by atoms with Crippen molar-refractivity contribution in [2.24, 2.45) is 5.10 Å². The monoisotopic (exact) mass is 591 g/mol. The second-order valence-electron chi connectivity index (χ2n) is 11.1. The maximum atomic E-state index is 6.66. The number of nitrogens with one attached hydrogen (secondary N) is 1. The van der Waals surface area contributed by atoms with E-state index in [1.807, 2.05) is 29.2 Å². The zero-order chi connectivity index (χ0) is 28.4. The average Bonchev–Trinajstić information content (AvgIpc) is 3.59. The Morgan fingerprint density at radius 2 is 1.63 bits per heavy atom. The first kappa shape index (κ1) is 26.1. The molecule has 2 aliphatic heterocycles. The average molecular weight is 592 g/mol. The number of hydrogen-bond donors (Lipinski definition) is 1. The summed E-state index contributed by atoms with van der Waals surface area (Å²) in [5, 5.41) is 10.8. The van der Waals surface area contributed by atoms with Crippen molar-refractivity contribution in [1.29, 1.82) is 0 Å². The molecule has 41 heavy (non-hydrogen) atoms. The van der Waals surface area contributed by atoms with Crippen molar-refractivity contribution in [3.63, 3.8) is 0 Å². The van der Waals surface area contributed by atoms with Crippen molar-refractivity contribution >= 4 is 63.0 Å². The number of aryl methyl sites for hydroxylation is 1. The van der Waals surface area contributed by atoms with Crippen LogP contribution in [0.25, 0.3) is 20.8 Å². The molecule has 0 saturated carbocycles. The van der Waals surface area contributed by atoms with Crippen LogP contribution in [-0.4, -0.2) is 18.2 Å². The van der Waals surface area contributed by atoms with Gasteiger partial charge in [-0.15, -0.1) is 11.3 Å². The van der Waals surface area contributed by atoms with Crippen molar-refractivity contribution in [2.45, 2.75) is 26.2 Å². The van der Waals surface area contributed by atoms with E-state index in [-0.39, 0.29) is 5.41 Å². The van der Waals surface area contributed by atoms with Gasteiger partial charge in [0.1, 0.15) is 5.01 Å². The van der Waals surface area contributed by atoms with Gasteiger partial charge >= 0.3 is 0 Å². The number of fused-ring (bicyclic) bond motifs is 2. The summed E-state index contributed by atoms with van der Waals surface area (Å²) in [5.74, 6) is 0. The highest BCUT2D eigenvalue weighted by Crippen LogP contribution is 2.65. The van der Waals surface area contributed by atoms with Crippen molar-refractivity contribution < 1.29 is 0 Å². The van der Waals surface area contributed by atoms with Gasteiger partial charge in [0.25, 0.3) is 0 Å². The van der Waals surface area contributed by atoms with Crippen LogP contribution in [-0.2, 0) is 17.2 Å². The highest BCUT2D eigenvalue weighted by atomic mass is 32.4. The van der Waals surface area contributed by atoms with Crippen LogP contribution in [0.1, 0.15) is 25.0 Å². The summed E-state index contributed by atoms with van der Waals surface area (Å²) in [6.07, 6.45) is -0.642. The Kier molecular flexibility index (Phi) is 6.16. The van der Waals surface area contributed by atoms with E-state index < -0.39 is 6.34 Å². The zero-order valence-electron chi connectivity index (χ0n) is 23.4. The van der Waals surface area contributed by atoms with E-state index in [2.05, 4.69) is 117 Å². The van der Waals surface area contributed by atoms with Gasteiger partial charge in [0.05, 0.1) is 27.4 Å². The number of hydrogen-bond acceptors (Lipinski definition) is 5. The molecular formula is C33H30N5PS2. The molecule has 0 bridgehead atoms. The highest BCUT2D eigenvalue weighted by molar-refractivity contribution is 8.18. The number of rotatable bonds is 4. The maximum absolute atomic E-state index is 6.66. The fraction of sp³-hybridized carbons (Fsp3) is 0.152. The molecule has 2 aliphatic rings. The third-order valence-corrected chi connectivity index (χ3v) is 12.7. The minimum atomic E-state index is -2.63. The van der Waals surface area contributed by atoms with Crippen molar-refractivity contribution in [1.82, 2.24) is 4.98 Å². The van der Waals surface area contributed by atoms with Crippen LogP contribution in [0.5, 0.6) is 0 Å². The molecule has 204 valence electrons. The lowest BCUT2D eigenvalue weighted by Gasteiger charge is -2.34. The first-order chi connectivity index (χ1) is 19.8. The second kappa shape index (κ2) is 9.66. The zero-order valence-corrected chi connectivity index (χ0v) is 25.9. The first-order valence-electron chi connectivity index (χ1n) is 13.6. The van der Waals surface area contributed by atoms with Crippen LogP contribution >= 0.6 is 17.7 Å². The molecule has 3 heterocycles. The van der Waals surface area contributed by atoms with Crippen LogP contribution < -0.4 is 14.8 Å². The van der Waals surface area contributed by atoms with Gasteiger partial charge in [0.15, 0.2) is 6.34 Å². The highest BCUT2D eigenvalue weighted by Gasteiger charge is 2.46. The Morgan fingerprint density at radius 3 is 2.39 bits per heavy atom. The molecular weight excluding hydrogens is 562 g/mol. The molecule has 0 saturated heterocycles. The summed E-state index contributed by atoms with van der Waals surface area (Å²) < 4.78 is 3.24. The summed E-state index contributed by atoms with van der Waals surface area (Å²) in [4.78, 5) is 7.17. The minimum Gasteiger partial charge on any atom is -0.346 e. The molecule has 1 atom stereocenters. The predicted octanol–water partition coefficient (Wildman–Crippen LogP) is 9.14. The lowest BCUT2D eigenvalue weighted by atomic mass is 9.84. The Balaban J connectivity index is 1.30. The van der Waals surface area contributed by atoms with Gasteiger partial charge in [-0.25, -0.2) is 9.76 Å². The van der Waals surface area contributed by atoms with E-state index in [0.29, 0.717) is 0 Å². The lowest BCUT2D eigenvalue weighted by molar-refractivity contribution is 0.640. The number of allylic oxidation sites excluding steroid dienone is 2. The Bertz CT molecular complexity index is 1910. The fourth-order valence-corrected chi connectivity index (χ4v) is 10.6. The Morgan fingerprint density at radius 1 is 0.902 bits per heavy atom. The second-order valence-corrected chi connectivity index (χ2v) is 15.9. The molecule has 0 spiro atoms. The van der Waals surface area contributed by atoms with Gasteiger partial charge in [-0.1, -0.05) is 56.3 Å². The molecule has 0 fully saturated rings. The molecule has 0 aliphatic carbocycles. The van der Waals surface area contributed by atoms with E-state index in [0.717, 1.165) is 32.8 Å². The number of thiazole rings is 1. The largest absolute Gasteiger partial charge is 0.346 e. The fourth-order valence-electron chi connectivity index (χ4n) is 5.94. The van der Waals surface area contributed by atoms with Crippen LogP contribution in [0, 0.1) is 6.92 Å². The number of benzene rings is 4. The van der Waals surface area contributed by atoms with Crippen molar-refractivity contribution in [3.8, 4) is 10.6 Å². The van der Waals surface area contributed by atoms with E-state index >= 15 is 0 Å². The molecule has 5 aromatic rings. The summed E-state index contributed by atoms with van der Waals surface area (Å²) in [7, 11) is 2.14. The van der Waals surface area contributed by atoms with Crippen molar-refractivity contribution in [3.05, 3.63) is 119 Å². The smallest absolute Gasteiger partial charge is 0.174 e. The molecule has 0 radical (unpaired) electrons. The van der Waals surface area contributed by atoms with Crippen LogP contribution in [0.3, 0.4) is 0 Å². The summed E-state index contributed by atoms with van der Waals surface area (Å²) in [6, 6.07) is 33.8. The predicted molar refractivity (Wildman–Crippen MR) is 180 cm³/mol. The number of likely N-dealkylation sites (N-methyl/N-ethyl adjacent to an activating group) is 1. The Hall–Kier alpha value is -3.77. The first-order valence-corrected chi connectivity index (χ1v) is 17.2. The molecule has 8 heteroatoms. The van der Waals surface area contributed by atoms with Crippen LogP contribution in [0.2, 0.25) is 0 Å². The van der Waals surface area contributed by atoms with Gasteiger partial charge in [-0.2, -0.15) is 5.10 Å². The van der Waals surface area contributed by atoms with E-state index in [1.54, 1.807) is 11.3 Å². The standard InChI is InChI=1S/C33H30N5PS2/c1-22-14-19-27-30(20-22)41-32(35-27)23-15-17-24(18-16-23)36-39(40)29(21-34-38(39)25-10-6-5-7-11-25)31-33(2,3)26-12-8-9-13-28(26)37(31)4/h5-21H,1-4H3,(H,36,40). The molecule has 1 unspecified atom stereocenters. The molecule has 7 rings (SSSR count). The maximum Gasteiger partial charge on any atom is 0.174 e. The molecule has 4 aromatic carbocycles. The summed E-state index contributed by atoms with van der Waals surface area (Å²) in [5.41, 5.74) is 8.81. The molecule has 1 N–H and O–H groups in total. The number of para-hydroxylation sites is 2. The third-order valence-electron chi connectivity index (χ3n) is 7.94.